The van der Waals surface area contributed by atoms with Gasteiger partial charge in [-0.05, 0) is 50.5 Å². The Balaban J connectivity index is 2.06. The van der Waals surface area contributed by atoms with Crippen molar-refractivity contribution in [3.05, 3.63) is 29.8 Å². The maximum Gasteiger partial charge on any atom is 0.387 e. The minimum Gasteiger partial charge on any atom is -0.435 e. The molecule has 0 bridgehead atoms. The number of halogens is 2. The van der Waals surface area contributed by atoms with E-state index in [-0.39, 0.29) is 17.7 Å². The number of carbonyl (C=O) groups is 1. The number of amides is 1. The van der Waals surface area contributed by atoms with Gasteiger partial charge in [-0.15, -0.1) is 0 Å². The van der Waals surface area contributed by atoms with Gasteiger partial charge in [0, 0.05) is 18.2 Å². The minimum atomic E-state index is -2.84. The van der Waals surface area contributed by atoms with Crippen LogP contribution in [0.4, 0.5) is 8.78 Å². The van der Waals surface area contributed by atoms with Crippen molar-refractivity contribution >= 4 is 5.91 Å². The Morgan fingerprint density at radius 1 is 1.32 bits per heavy atom. The van der Waals surface area contributed by atoms with Crippen molar-refractivity contribution in [2.24, 2.45) is 0 Å². The molecule has 1 aromatic carbocycles. The smallest absolute Gasteiger partial charge is 0.387 e. The maximum atomic E-state index is 12.3. The fourth-order valence-corrected chi connectivity index (χ4v) is 2.34. The number of benzene rings is 1. The van der Waals surface area contributed by atoms with Gasteiger partial charge in [-0.1, -0.05) is 0 Å². The van der Waals surface area contributed by atoms with Crippen LogP contribution in [0.1, 0.15) is 36.5 Å². The molecule has 3 nitrogen and oxygen atoms in total. The molecule has 1 fully saturated rings. The number of ether oxygens (including phenoxy) is 1. The number of nitrogens with zero attached hydrogens (tertiary/aromatic N) is 1. The first-order chi connectivity index (χ1) is 9.08. The molecule has 0 N–H and O–H groups in total. The topological polar surface area (TPSA) is 29.5 Å². The van der Waals surface area contributed by atoms with E-state index in [1.807, 2.05) is 11.8 Å². The van der Waals surface area contributed by atoms with Crippen molar-refractivity contribution in [1.29, 1.82) is 0 Å². The normalized spacial score (nSPS) is 19.6. The van der Waals surface area contributed by atoms with E-state index in [1.54, 1.807) is 0 Å². The van der Waals surface area contributed by atoms with Crippen LogP contribution in [0.15, 0.2) is 24.3 Å². The lowest BCUT2D eigenvalue weighted by atomic mass is 10.0. The molecule has 2 rings (SSSR count). The lowest BCUT2D eigenvalue weighted by Crippen LogP contribution is -2.41. The summed E-state index contributed by atoms with van der Waals surface area (Å²) in [6.45, 7) is -0.0515. The Morgan fingerprint density at radius 3 is 2.58 bits per heavy atom. The van der Waals surface area contributed by atoms with Gasteiger partial charge in [0.25, 0.3) is 5.91 Å². The summed E-state index contributed by atoms with van der Waals surface area (Å²) < 4.78 is 28.3. The maximum absolute atomic E-state index is 12.3. The van der Waals surface area contributed by atoms with Gasteiger partial charge in [0.1, 0.15) is 5.75 Å². The lowest BCUT2D eigenvalue weighted by Gasteiger charge is -2.33. The third-order valence-corrected chi connectivity index (χ3v) is 3.39. The third-order valence-electron chi connectivity index (χ3n) is 3.39. The number of hydrogen-bond donors (Lipinski definition) is 0. The first kappa shape index (κ1) is 13.8. The van der Waals surface area contributed by atoms with E-state index in [9.17, 15) is 13.6 Å². The molecule has 0 aromatic heterocycles. The van der Waals surface area contributed by atoms with Crippen molar-refractivity contribution < 1.29 is 18.3 Å². The molecule has 1 aliphatic heterocycles. The molecule has 1 amide bonds. The molecule has 104 valence electrons. The molecule has 0 aliphatic carbocycles. The van der Waals surface area contributed by atoms with Gasteiger partial charge >= 0.3 is 6.61 Å². The summed E-state index contributed by atoms with van der Waals surface area (Å²) in [5, 5.41) is 0. The monoisotopic (exact) mass is 269 g/mol. The Kier molecular flexibility index (Phi) is 4.35. The zero-order chi connectivity index (χ0) is 13.8. The minimum absolute atomic E-state index is 0.0456. The van der Waals surface area contributed by atoms with E-state index in [0.717, 1.165) is 25.8 Å². The molecular formula is C14H17F2NO2. The van der Waals surface area contributed by atoms with Crippen LogP contribution in [0.5, 0.6) is 5.75 Å². The molecule has 5 heteroatoms. The second-order valence-corrected chi connectivity index (χ2v) is 4.75. The fraction of sp³-hybridized carbons (Fsp3) is 0.500. The summed E-state index contributed by atoms with van der Waals surface area (Å²) in [6, 6.07) is 6.09. The van der Waals surface area contributed by atoms with Crippen molar-refractivity contribution in [2.45, 2.75) is 38.8 Å². The van der Waals surface area contributed by atoms with Crippen molar-refractivity contribution in [3.8, 4) is 5.75 Å². The summed E-state index contributed by atoms with van der Waals surface area (Å²) in [5.74, 6) is 0.0223. The average molecular weight is 269 g/mol. The highest BCUT2D eigenvalue weighted by Gasteiger charge is 2.24. The van der Waals surface area contributed by atoms with E-state index >= 15 is 0 Å². The zero-order valence-electron chi connectivity index (χ0n) is 10.8. The van der Waals surface area contributed by atoms with Crippen molar-refractivity contribution in [2.75, 3.05) is 6.54 Å². The SMILES string of the molecule is CC1CCCCN1C(=O)c1ccc(OC(F)F)cc1. The Bertz CT molecular complexity index is 434. The highest BCUT2D eigenvalue weighted by molar-refractivity contribution is 5.94. The number of rotatable bonds is 3. The number of carbonyl (C=O) groups excluding carboxylic acids is 1. The summed E-state index contributed by atoms with van der Waals surface area (Å²) in [4.78, 5) is 14.1. The molecule has 1 atom stereocenters. The van der Waals surface area contributed by atoms with Gasteiger partial charge in [0.05, 0.1) is 0 Å². The predicted molar refractivity (Wildman–Crippen MR) is 67.4 cm³/mol. The highest BCUT2D eigenvalue weighted by atomic mass is 19.3. The lowest BCUT2D eigenvalue weighted by molar-refractivity contribution is -0.0498. The van der Waals surface area contributed by atoms with Crippen LogP contribution < -0.4 is 4.74 Å². The van der Waals surface area contributed by atoms with E-state index in [0.29, 0.717) is 5.56 Å². The van der Waals surface area contributed by atoms with Crippen LogP contribution in [0.25, 0.3) is 0 Å². The van der Waals surface area contributed by atoms with Gasteiger partial charge < -0.3 is 9.64 Å². The van der Waals surface area contributed by atoms with Gasteiger partial charge in [-0.3, -0.25) is 4.79 Å². The molecule has 1 saturated heterocycles. The van der Waals surface area contributed by atoms with Crippen LogP contribution in [0.2, 0.25) is 0 Å². The van der Waals surface area contributed by atoms with Gasteiger partial charge in [0.2, 0.25) is 0 Å². The highest BCUT2D eigenvalue weighted by Crippen LogP contribution is 2.21. The van der Waals surface area contributed by atoms with E-state index < -0.39 is 6.61 Å². The fourth-order valence-electron chi connectivity index (χ4n) is 2.34. The van der Waals surface area contributed by atoms with Crippen molar-refractivity contribution in [3.63, 3.8) is 0 Å². The molecule has 1 unspecified atom stereocenters. The molecule has 0 spiro atoms. The molecule has 1 aliphatic rings. The van der Waals surface area contributed by atoms with Crippen LogP contribution >= 0.6 is 0 Å². The average Bonchev–Trinajstić information content (AvgIpc) is 2.39. The number of alkyl halides is 2. The van der Waals surface area contributed by atoms with Gasteiger partial charge in [-0.25, -0.2) is 0 Å². The van der Waals surface area contributed by atoms with Gasteiger partial charge in [0.15, 0.2) is 0 Å². The van der Waals surface area contributed by atoms with Crippen LogP contribution in [-0.2, 0) is 0 Å². The van der Waals surface area contributed by atoms with Crippen LogP contribution in [0, 0.1) is 0 Å². The molecular weight excluding hydrogens is 252 g/mol. The molecule has 1 heterocycles. The molecule has 0 radical (unpaired) electrons. The second-order valence-electron chi connectivity index (χ2n) is 4.75. The summed E-state index contributed by atoms with van der Waals surface area (Å²) in [6.07, 6.45) is 3.17. The van der Waals surface area contributed by atoms with E-state index in [1.165, 1.54) is 24.3 Å². The first-order valence-electron chi connectivity index (χ1n) is 6.44. The molecule has 19 heavy (non-hydrogen) atoms. The second kappa shape index (κ2) is 5.99. The van der Waals surface area contributed by atoms with Crippen LogP contribution in [0.3, 0.4) is 0 Å². The number of hydrogen-bond acceptors (Lipinski definition) is 2. The largest absolute Gasteiger partial charge is 0.435 e. The predicted octanol–water partition coefficient (Wildman–Crippen LogP) is 3.30. The standard InChI is InChI=1S/C14H17F2NO2/c1-10-4-2-3-9-17(10)13(18)11-5-7-12(8-6-11)19-14(15)16/h5-8,10,14H,2-4,9H2,1H3. The van der Waals surface area contributed by atoms with Crippen molar-refractivity contribution in [1.82, 2.24) is 4.90 Å². The Hall–Kier alpha value is -1.65. The quantitative estimate of drug-likeness (QED) is 0.842. The number of piperidine rings is 1. The third kappa shape index (κ3) is 3.43. The zero-order valence-corrected chi connectivity index (χ0v) is 10.8. The Labute approximate surface area is 111 Å². The molecule has 1 aromatic rings. The summed E-state index contributed by atoms with van der Waals surface area (Å²) in [5.41, 5.74) is 0.510. The van der Waals surface area contributed by atoms with E-state index in [2.05, 4.69) is 4.74 Å². The molecule has 0 saturated carbocycles. The summed E-state index contributed by atoms with van der Waals surface area (Å²) in [7, 11) is 0. The first-order valence-corrected chi connectivity index (χ1v) is 6.44. The van der Waals surface area contributed by atoms with Crippen LogP contribution in [-0.4, -0.2) is 30.0 Å². The number of likely N-dealkylation sites (tertiary alicyclic amines) is 1. The van der Waals surface area contributed by atoms with Gasteiger partial charge in [-0.2, -0.15) is 8.78 Å². The van der Waals surface area contributed by atoms with E-state index in [4.69, 9.17) is 0 Å². The Morgan fingerprint density at radius 2 is 2.00 bits per heavy atom. The summed E-state index contributed by atoms with van der Waals surface area (Å²) >= 11 is 0.